The van der Waals surface area contributed by atoms with E-state index in [0.717, 1.165) is 43.8 Å². The molecule has 1 saturated heterocycles. The summed E-state index contributed by atoms with van der Waals surface area (Å²) < 4.78 is 5.52. The van der Waals surface area contributed by atoms with Crippen molar-refractivity contribution in [2.24, 2.45) is 0 Å². The fraction of sp³-hybridized carbons (Fsp3) is 0.455. The summed E-state index contributed by atoms with van der Waals surface area (Å²) in [7, 11) is 3.38. The number of carboxylic acid groups (broad SMARTS) is 1. The van der Waals surface area contributed by atoms with Crippen molar-refractivity contribution >= 4 is 6.09 Å². The smallest absolute Gasteiger partial charge is 0.407 e. The van der Waals surface area contributed by atoms with Gasteiger partial charge >= 0.3 is 6.09 Å². The van der Waals surface area contributed by atoms with Crippen LogP contribution in [-0.2, 0) is 6.42 Å². The first-order chi connectivity index (χ1) is 13.6. The van der Waals surface area contributed by atoms with Gasteiger partial charge in [0.15, 0.2) is 0 Å². The van der Waals surface area contributed by atoms with E-state index in [-0.39, 0.29) is 6.04 Å². The lowest BCUT2D eigenvalue weighted by molar-refractivity contribution is 0.112. The van der Waals surface area contributed by atoms with Gasteiger partial charge in [0.2, 0.25) is 0 Å². The minimum Gasteiger partial charge on any atom is -0.496 e. The molecule has 0 spiro atoms. The van der Waals surface area contributed by atoms with E-state index in [0.29, 0.717) is 12.3 Å². The number of methoxy groups -OCH3 is 1. The molecule has 1 fully saturated rings. The van der Waals surface area contributed by atoms with Gasteiger partial charge in [-0.1, -0.05) is 24.3 Å². The van der Waals surface area contributed by atoms with E-state index in [2.05, 4.69) is 22.0 Å². The van der Waals surface area contributed by atoms with Crippen LogP contribution in [0.5, 0.6) is 5.75 Å². The molecule has 3 rings (SSSR count). The fourth-order valence-corrected chi connectivity index (χ4v) is 4.00. The van der Waals surface area contributed by atoms with Crippen LogP contribution in [0.25, 0.3) is 0 Å². The van der Waals surface area contributed by atoms with Crippen LogP contribution < -0.4 is 4.74 Å². The lowest BCUT2D eigenvalue weighted by atomic mass is 9.88. The monoisotopic (exact) mass is 383 g/mol. The summed E-state index contributed by atoms with van der Waals surface area (Å²) >= 11 is 0. The zero-order chi connectivity index (χ0) is 19.9. The molecule has 0 aliphatic carbocycles. The molecule has 6 heteroatoms. The van der Waals surface area contributed by atoms with E-state index in [9.17, 15) is 9.90 Å². The van der Waals surface area contributed by atoms with Crippen molar-refractivity contribution in [2.45, 2.75) is 31.2 Å². The maximum atomic E-state index is 11.6. The molecule has 0 saturated carbocycles. The Balaban J connectivity index is 1.62. The van der Waals surface area contributed by atoms with Crippen LogP contribution in [0.3, 0.4) is 0 Å². The minimum atomic E-state index is -0.891. The SMILES string of the molecule is COc1ccccc1C1CCN(C[C@@H](Cc2cccnc2)N(C)C(=O)O)CC1. The third-order valence-corrected chi connectivity index (χ3v) is 5.68. The van der Waals surface area contributed by atoms with Gasteiger partial charge in [-0.3, -0.25) is 4.98 Å². The number of hydrogen-bond acceptors (Lipinski definition) is 4. The van der Waals surface area contributed by atoms with Gasteiger partial charge in [-0.05, 0) is 61.5 Å². The van der Waals surface area contributed by atoms with Gasteiger partial charge in [-0.2, -0.15) is 0 Å². The second-order valence-electron chi connectivity index (χ2n) is 7.43. The van der Waals surface area contributed by atoms with E-state index in [1.54, 1.807) is 20.4 Å². The van der Waals surface area contributed by atoms with Crippen molar-refractivity contribution in [2.75, 3.05) is 33.8 Å². The molecule has 1 N–H and O–H groups in total. The molecule has 2 aromatic rings. The second kappa shape index (κ2) is 9.55. The summed E-state index contributed by atoms with van der Waals surface area (Å²) in [5.41, 5.74) is 2.34. The number of carbonyl (C=O) groups is 1. The number of pyridine rings is 1. The molecule has 0 radical (unpaired) electrons. The average molecular weight is 383 g/mol. The topological polar surface area (TPSA) is 65.9 Å². The Hall–Kier alpha value is -2.60. The number of rotatable bonds is 7. The van der Waals surface area contributed by atoms with E-state index < -0.39 is 6.09 Å². The van der Waals surface area contributed by atoms with Crippen LogP contribution in [0, 0.1) is 0 Å². The standard InChI is InChI=1S/C22H29N3O3/c1-24(22(26)27)19(14-17-6-5-11-23-15-17)16-25-12-9-18(10-13-25)20-7-3-4-8-21(20)28-2/h3-8,11,15,18-19H,9-10,12-14,16H2,1-2H3,(H,26,27)/t19-/m1/s1. The molecule has 1 atom stereocenters. The molecule has 0 unspecified atom stereocenters. The molecule has 6 nitrogen and oxygen atoms in total. The van der Waals surface area contributed by atoms with Crippen LogP contribution in [0.4, 0.5) is 4.79 Å². The van der Waals surface area contributed by atoms with Gasteiger partial charge in [-0.25, -0.2) is 4.79 Å². The van der Waals surface area contributed by atoms with E-state index in [1.165, 1.54) is 10.5 Å². The van der Waals surface area contributed by atoms with E-state index in [1.807, 2.05) is 30.5 Å². The highest BCUT2D eigenvalue weighted by Gasteiger charge is 2.27. The molecule has 0 bridgehead atoms. The Kier molecular flexibility index (Phi) is 6.87. The van der Waals surface area contributed by atoms with Crippen LogP contribution in [0.2, 0.25) is 0 Å². The molecular weight excluding hydrogens is 354 g/mol. The predicted molar refractivity (Wildman–Crippen MR) is 109 cm³/mol. The average Bonchev–Trinajstić information content (AvgIpc) is 2.74. The quantitative estimate of drug-likeness (QED) is 0.793. The number of nitrogens with zero attached hydrogens (tertiary/aromatic N) is 3. The fourth-order valence-electron chi connectivity index (χ4n) is 4.00. The Morgan fingerprint density at radius 1 is 1.29 bits per heavy atom. The molecule has 1 aliphatic heterocycles. The highest BCUT2D eigenvalue weighted by atomic mass is 16.5. The summed E-state index contributed by atoms with van der Waals surface area (Å²) in [6.07, 6.45) is 5.44. The summed E-state index contributed by atoms with van der Waals surface area (Å²) in [6, 6.07) is 12.0. The number of aromatic nitrogens is 1. The summed E-state index contributed by atoms with van der Waals surface area (Å²) in [6.45, 7) is 2.65. The van der Waals surface area contributed by atoms with Crippen molar-refractivity contribution < 1.29 is 14.6 Å². The molecule has 1 aliphatic rings. The third kappa shape index (κ3) is 5.01. The van der Waals surface area contributed by atoms with Gasteiger partial charge in [0.05, 0.1) is 13.2 Å². The van der Waals surface area contributed by atoms with Crippen LogP contribution in [0.15, 0.2) is 48.8 Å². The molecule has 2 heterocycles. The summed E-state index contributed by atoms with van der Waals surface area (Å²) in [5.74, 6) is 1.45. The van der Waals surface area contributed by atoms with Crippen molar-refractivity contribution in [1.29, 1.82) is 0 Å². The van der Waals surface area contributed by atoms with Crippen LogP contribution in [-0.4, -0.2) is 65.8 Å². The summed E-state index contributed by atoms with van der Waals surface area (Å²) in [4.78, 5) is 19.5. The Bertz CT molecular complexity index is 761. The zero-order valence-electron chi connectivity index (χ0n) is 16.6. The zero-order valence-corrected chi connectivity index (χ0v) is 16.6. The largest absolute Gasteiger partial charge is 0.496 e. The van der Waals surface area contributed by atoms with Crippen molar-refractivity contribution in [1.82, 2.24) is 14.8 Å². The van der Waals surface area contributed by atoms with E-state index >= 15 is 0 Å². The molecule has 28 heavy (non-hydrogen) atoms. The number of likely N-dealkylation sites (tertiary alicyclic amines) is 1. The number of para-hydroxylation sites is 1. The van der Waals surface area contributed by atoms with Crippen molar-refractivity contribution in [3.05, 3.63) is 59.9 Å². The van der Waals surface area contributed by atoms with E-state index in [4.69, 9.17) is 4.74 Å². The first-order valence-electron chi connectivity index (χ1n) is 9.78. The molecule has 1 aromatic carbocycles. The van der Waals surface area contributed by atoms with Crippen molar-refractivity contribution in [3.8, 4) is 5.75 Å². The van der Waals surface area contributed by atoms with Gasteiger partial charge in [-0.15, -0.1) is 0 Å². The van der Waals surface area contributed by atoms with Gasteiger partial charge in [0.1, 0.15) is 5.75 Å². The number of likely N-dealkylation sites (N-methyl/N-ethyl adjacent to an activating group) is 1. The number of piperidine rings is 1. The normalized spacial score (nSPS) is 16.5. The van der Waals surface area contributed by atoms with Gasteiger partial charge in [0, 0.05) is 26.0 Å². The van der Waals surface area contributed by atoms with Crippen LogP contribution in [0.1, 0.15) is 29.9 Å². The lowest BCUT2D eigenvalue weighted by Gasteiger charge is -2.36. The Morgan fingerprint density at radius 3 is 2.68 bits per heavy atom. The van der Waals surface area contributed by atoms with Gasteiger partial charge in [0.25, 0.3) is 0 Å². The predicted octanol–water partition coefficient (Wildman–Crippen LogP) is 3.49. The Morgan fingerprint density at radius 2 is 2.04 bits per heavy atom. The molecular formula is C22H29N3O3. The number of benzene rings is 1. The lowest BCUT2D eigenvalue weighted by Crippen LogP contribution is -2.47. The van der Waals surface area contributed by atoms with Crippen molar-refractivity contribution in [3.63, 3.8) is 0 Å². The number of ether oxygens (including phenoxy) is 1. The summed E-state index contributed by atoms with van der Waals surface area (Å²) in [5, 5.41) is 9.49. The maximum Gasteiger partial charge on any atom is 0.407 e. The number of hydrogen-bond donors (Lipinski definition) is 1. The van der Waals surface area contributed by atoms with Crippen LogP contribution >= 0.6 is 0 Å². The van der Waals surface area contributed by atoms with Gasteiger partial charge < -0.3 is 19.6 Å². The third-order valence-electron chi connectivity index (χ3n) is 5.68. The molecule has 150 valence electrons. The maximum absolute atomic E-state index is 11.6. The molecule has 1 aromatic heterocycles. The number of amides is 1. The minimum absolute atomic E-state index is 0.0930. The first-order valence-corrected chi connectivity index (χ1v) is 9.78. The first kappa shape index (κ1) is 20.1. The highest BCUT2D eigenvalue weighted by molar-refractivity contribution is 5.65. The highest BCUT2D eigenvalue weighted by Crippen LogP contribution is 2.34. The molecule has 1 amide bonds. The Labute approximate surface area is 166 Å². The second-order valence-corrected chi connectivity index (χ2v) is 7.43.